The summed E-state index contributed by atoms with van der Waals surface area (Å²) >= 11 is 0. The van der Waals surface area contributed by atoms with Gasteiger partial charge in [0.05, 0.1) is 25.1 Å². The molecule has 2 heterocycles. The van der Waals surface area contributed by atoms with Gasteiger partial charge in [0, 0.05) is 13.1 Å². The van der Waals surface area contributed by atoms with Crippen LogP contribution in [0.5, 0.6) is 0 Å². The molecule has 2 rings (SSSR count). The quantitative estimate of drug-likeness (QED) is 0.527. The largest absolute Gasteiger partial charge is 0.375 e. The van der Waals surface area contributed by atoms with Crippen LogP contribution in [0.3, 0.4) is 0 Å². The molecule has 0 aliphatic carbocycles. The van der Waals surface area contributed by atoms with Gasteiger partial charge in [-0.3, -0.25) is 4.98 Å². The van der Waals surface area contributed by atoms with Crippen LogP contribution in [0.4, 0.5) is 11.6 Å². The molecule has 1 aliphatic heterocycles. The maximum absolute atomic E-state index is 5.46. The van der Waals surface area contributed by atoms with Crippen molar-refractivity contribution < 1.29 is 4.74 Å². The standard InChI is InChI=1S/C9H15N5O/c1-7-6-14(2-3-15-7)9-5-11-4-8(12-9)13-10/h4-5,7H,2-3,6,10H2,1H3,(H,12,13). The first-order valence-corrected chi connectivity index (χ1v) is 4.95. The van der Waals surface area contributed by atoms with Crippen LogP contribution >= 0.6 is 0 Å². The number of nitrogens with zero attached hydrogens (tertiary/aromatic N) is 3. The zero-order valence-corrected chi connectivity index (χ0v) is 8.68. The minimum Gasteiger partial charge on any atom is -0.375 e. The molecule has 82 valence electrons. The van der Waals surface area contributed by atoms with Crippen molar-refractivity contribution in [3.63, 3.8) is 0 Å². The summed E-state index contributed by atoms with van der Waals surface area (Å²) in [5.41, 5.74) is 2.49. The minimum atomic E-state index is 0.232. The molecule has 3 N–H and O–H groups in total. The summed E-state index contributed by atoms with van der Waals surface area (Å²) in [6, 6.07) is 0. The molecule has 1 fully saturated rings. The van der Waals surface area contributed by atoms with E-state index in [9.17, 15) is 0 Å². The van der Waals surface area contributed by atoms with Crippen molar-refractivity contribution in [3.05, 3.63) is 12.4 Å². The lowest BCUT2D eigenvalue weighted by atomic mass is 10.3. The third-order valence-corrected chi connectivity index (χ3v) is 2.33. The average molecular weight is 209 g/mol. The molecule has 1 unspecified atom stereocenters. The summed E-state index contributed by atoms with van der Waals surface area (Å²) in [4.78, 5) is 10.5. The van der Waals surface area contributed by atoms with Crippen LogP contribution in [-0.2, 0) is 4.74 Å². The van der Waals surface area contributed by atoms with Crippen LogP contribution in [-0.4, -0.2) is 35.8 Å². The van der Waals surface area contributed by atoms with Crippen LogP contribution in [0.1, 0.15) is 6.92 Å². The van der Waals surface area contributed by atoms with Gasteiger partial charge in [0.1, 0.15) is 5.82 Å². The van der Waals surface area contributed by atoms with Gasteiger partial charge < -0.3 is 15.1 Å². The van der Waals surface area contributed by atoms with Crippen molar-refractivity contribution in [2.24, 2.45) is 5.84 Å². The Balaban J connectivity index is 2.13. The van der Waals surface area contributed by atoms with Gasteiger partial charge in [0.15, 0.2) is 5.82 Å². The molecule has 0 amide bonds. The molecule has 0 spiro atoms. The van der Waals surface area contributed by atoms with Gasteiger partial charge in [0.25, 0.3) is 0 Å². The number of rotatable bonds is 2. The SMILES string of the molecule is CC1CN(c2cncc(NN)n2)CCO1. The molecular weight excluding hydrogens is 194 g/mol. The second-order valence-electron chi connectivity index (χ2n) is 3.53. The molecule has 1 saturated heterocycles. The normalized spacial score (nSPS) is 21.5. The minimum absolute atomic E-state index is 0.232. The number of aromatic nitrogens is 2. The number of nitrogen functional groups attached to an aromatic ring is 1. The number of hydrazine groups is 1. The summed E-state index contributed by atoms with van der Waals surface area (Å²) < 4.78 is 5.46. The summed E-state index contributed by atoms with van der Waals surface area (Å²) in [6.45, 7) is 4.45. The Morgan fingerprint density at radius 2 is 2.47 bits per heavy atom. The highest BCUT2D eigenvalue weighted by atomic mass is 16.5. The Morgan fingerprint density at radius 1 is 1.60 bits per heavy atom. The van der Waals surface area contributed by atoms with Crippen molar-refractivity contribution in [2.75, 3.05) is 30.0 Å². The first kappa shape index (κ1) is 10.1. The summed E-state index contributed by atoms with van der Waals surface area (Å²) in [7, 11) is 0. The molecular formula is C9H15N5O. The molecule has 1 aromatic rings. The van der Waals surface area contributed by atoms with Crippen LogP contribution in [0.15, 0.2) is 12.4 Å². The molecule has 1 atom stereocenters. The van der Waals surface area contributed by atoms with Gasteiger partial charge in [0.2, 0.25) is 0 Å². The molecule has 6 heteroatoms. The number of hydrogen-bond donors (Lipinski definition) is 2. The summed E-state index contributed by atoms with van der Waals surface area (Å²) in [5.74, 6) is 6.69. The lowest BCUT2D eigenvalue weighted by molar-refractivity contribution is 0.0529. The van der Waals surface area contributed by atoms with Gasteiger partial charge in [-0.15, -0.1) is 0 Å². The molecule has 0 radical (unpaired) electrons. The monoisotopic (exact) mass is 209 g/mol. The number of hydrogen-bond acceptors (Lipinski definition) is 6. The van der Waals surface area contributed by atoms with Gasteiger partial charge in [-0.25, -0.2) is 10.8 Å². The zero-order chi connectivity index (χ0) is 10.7. The average Bonchev–Trinajstić information content (AvgIpc) is 2.29. The van der Waals surface area contributed by atoms with Gasteiger partial charge in [-0.1, -0.05) is 0 Å². The van der Waals surface area contributed by atoms with Crippen molar-refractivity contribution in [1.82, 2.24) is 9.97 Å². The Labute approximate surface area is 88.4 Å². The lowest BCUT2D eigenvalue weighted by Crippen LogP contribution is -2.41. The first-order chi connectivity index (χ1) is 7.29. The fraction of sp³-hybridized carbons (Fsp3) is 0.556. The molecule has 0 aromatic carbocycles. The van der Waals surface area contributed by atoms with E-state index in [2.05, 4.69) is 20.3 Å². The van der Waals surface area contributed by atoms with Crippen molar-refractivity contribution in [3.8, 4) is 0 Å². The number of anilines is 2. The van der Waals surface area contributed by atoms with E-state index in [1.807, 2.05) is 6.92 Å². The predicted molar refractivity (Wildman–Crippen MR) is 57.5 cm³/mol. The van der Waals surface area contributed by atoms with Crippen molar-refractivity contribution in [2.45, 2.75) is 13.0 Å². The molecule has 0 saturated carbocycles. The Bertz CT molecular complexity index is 332. The highest BCUT2D eigenvalue weighted by Gasteiger charge is 2.18. The van der Waals surface area contributed by atoms with Crippen LogP contribution in [0.2, 0.25) is 0 Å². The van der Waals surface area contributed by atoms with E-state index in [0.29, 0.717) is 5.82 Å². The Hall–Kier alpha value is -1.40. The third kappa shape index (κ3) is 2.34. The Morgan fingerprint density at radius 3 is 3.20 bits per heavy atom. The van der Waals surface area contributed by atoms with E-state index in [4.69, 9.17) is 10.6 Å². The van der Waals surface area contributed by atoms with E-state index >= 15 is 0 Å². The van der Waals surface area contributed by atoms with E-state index < -0.39 is 0 Å². The Kier molecular flexibility index (Phi) is 2.98. The summed E-state index contributed by atoms with van der Waals surface area (Å²) in [5, 5.41) is 0. The van der Waals surface area contributed by atoms with E-state index in [-0.39, 0.29) is 6.10 Å². The smallest absolute Gasteiger partial charge is 0.160 e. The van der Waals surface area contributed by atoms with Gasteiger partial charge >= 0.3 is 0 Å². The number of ether oxygens (including phenoxy) is 1. The lowest BCUT2D eigenvalue weighted by Gasteiger charge is -2.31. The predicted octanol–water partition coefficient (Wildman–Crippen LogP) is -0.0127. The van der Waals surface area contributed by atoms with Crippen LogP contribution in [0.25, 0.3) is 0 Å². The number of morpholine rings is 1. The highest BCUT2D eigenvalue weighted by Crippen LogP contribution is 2.15. The highest BCUT2D eigenvalue weighted by molar-refractivity contribution is 5.43. The molecule has 15 heavy (non-hydrogen) atoms. The second kappa shape index (κ2) is 4.41. The topological polar surface area (TPSA) is 76.3 Å². The van der Waals surface area contributed by atoms with E-state index in [1.54, 1.807) is 12.4 Å². The number of nitrogens with two attached hydrogens (primary N) is 1. The van der Waals surface area contributed by atoms with Crippen molar-refractivity contribution >= 4 is 11.6 Å². The van der Waals surface area contributed by atoms with Gasteiger partial charge in [-0.05, 0) is 6.92 Å². The van der Waals surface area contributed by atoms with Gasteiger partial charge in [-0.2, -0.15) is 0 Å². The van der Waals surface area contributed by atoms with Crippen molar-refractivity contribution in [1.29, 1.82) is 0 Å². The molecule has 6 nitrogen and oxygen atoms in total. The zero-order valence-electron chi connectivity index (χ0n) is 8.68. The fourth-order valence-electron chi connectivity index (χ4n) is 1.60. The third-order valence-electron chi connectivity index (χ3n) is 2.33. The van der Waals surface area contributed by atoms with E-state index in [0.717, 1.165) is 25.5 Å². The first-order valence-electron chi connectivity index (χ1n) is 4.95. The van der Waals surface area contributed by atoms with E-state index in [1.165, 1.54) is 0 Å². The number of nitrogens with one attached hydrogen (secondary N) is 1. The molecule has 1 aromatic heterocycles. The molecule has 0 bridgehead atoms. The summed E-state index contributed by atoms with van der Waals surface area (Å²) in [6.07, 6.45) is 3.56. The maximum Gasteiger partial charge on any atom is 0.160 e. The fourth-order valence-corrected chi connectivity index (χ4v) is 1.60. The van der Waals surface area contributed by atoms with Crippen LogP contribution < -0.4 is 16.2 Å². The molecule has 1 aliphatic rings. The van der Waals surface area contributed by atoms with Crippen LogP contribution in [0, 0.1) is 0 Å². The second-order valence-corrected chi connectivity index (χ2v) is 3.53. The maximum atomic E-state index is 5.46.